The van der Waals surface area contributed by atoms with E-state index in [9.17, 15) is 9.59 Å². The molecule has 1 fully saturated rings. The quantitative estimate of drug-likeness (QED) is 0.778. The lowest BCUT2D eigenvalue weighted by atomic mass is 10.0. The lowest BCUT2D eigenvalue weighted by Gasteiger charge is -2.34. The van der Waals surface area contributed by atoms with Gasteiger partial charge in [0.05, 0.1) is 13.5 Å². The van der Waals surface area contributed by atoms with Crippen molar-refractivity contribution in [2.75, 3.05) is 33.3 Å². The number of carbonyl (C=O) groups excluding carboxylic acids is 2. The van der Waals surface area contributed by atoms with Crippen molar-refractivity contribution in [3.05, 3.63) is 35.4 Å². The van der Waals surface area contributed by atoms with Crippen LogP contribution in [0, 0.1) is 0 Å². The van der Waals surface area contributed by atoms with Crippen molar-refractivity contribution < 1.29 is 14.3 Å². The predicted molar refractivity (Wildman–Crippen MR) is 79.7 cm³/mol. The number of benzene rings is 1. The van der Waals surface area contributed by atoms with Gasteiger partial charge in [-0.25, -0.2) is 0 Å². The van der Waals surface area contributed by atoms with Crippen LogP contribution in [0.5, 0.6) is 0 Å². The summed E-state index contributed by atoms with van der Waals surface area (Å²) in [5.74, 6) is -0.0791. The Kier molecular flexibility index (Phi) is 5.33. The van der Waals surface area contributed by atoms with Crippen LogP contribution < -0.4 is 0 Å². The molecule has 0 saturated carbocycles. The maximum absolute atomic E-state index is 11.5. The largest absolute Gasteiger partial charge is 0.469 e. The molecule has 1 heterocycles. The molecule has 0 N–H and O–H groups in total. The molecule has 0 unspecified atom stereocenters. The Hall–Kier alpha value is -1.88. The fraction of sp³-hybridized carbons (Fsp3) is 0.500. The summed E-state index contributed by atoms with van der Waals surface area (Å²) < 4.78 is 4.74. The van der Waals surface area contributed by atoms with E-state index in [1.807, 2.05) is 23.1 Å². The third-order valence-electron chi connectivity index (χ3n) is 3.89. The molecule has 1 aromatic rings. The molecule has 1 aliphatic heterocycles. The number of esters is 1. The number of amides is 1. The normalized spacial score (nSPS) is 15.8. The standard InChI is InChI=1S/C16H22N2O3/c1-13(19)18-9-7-17(8-10-18)12-15-6-4-3-5-14(15)11-16(20)21-2/h3-6H,7-12H2,1-2H3. The van der Waals surface area contributed by atoms with Crippen LogP contribution in [-0.2, 0) is 27.3 Å². The summed E-state index contributed by atoms with van der Waals surface area (Å²) >= 11 is 0. The fourth-order valence-electron chi connectivity index (χ4n) is 2.57. The van der Waals surface area contributed by atoms with Crippen LogP contribution >= 0.6 is 0 Å². The molecule has 0 spiro atoms. The van der Waals surface area contributed by atoms with Crippen molar-refractivity contribution in [2.24, 2.45) is 0 Å². The van der Waals surface area contributed by atoms with Crippen LogP contribution in [-0.4, -0.2) is 55.0 Å². The lowest BCUT2D eigenvalue weighted by molar-refractivity contribution is -0.139. The van der Waals surface area contributed by atoms with Gasteiger partial charge in [-0.15, -0.1) is 0 Å². The molecule has 114 valence electrons. The number of nitrogens with zero attached hydrogens (tertiary/aromatic N) is 2. The summed E-state index contributed by atoms with van der Waals surface area (Å²) in [5.41, 5.74) is 2.16. The van der Waals surface area contributed by atoms with Gasteiger partial charge in [-0.1, -0.05) is 24.3 Å². The highest BCUT2D eigenvalue weighted by Gasteiger charge is 2.19. The van der Waals surface area contributed by atoms with Gasteiger partial charge >= 0.3 is 5.97 Å². The summed E-state index contributed by atoms with van der Waals surface area (Å²) in [6, 6.07) is 7.95. The number of ether oxygens (including phenoxy) is 1. The van der Waals surface area contributed by atoms with Gasteiger partial charge in [0.1, 0.15) is 0 Å². The minimum absolute atomic E-state index is 0.140. The lowest BCUT2D eigenvalue weighted by Crippen LogP contribution is -2.47. The van der Waals surface area contributed by atoms with Crippen molar-refractivity contribution in [1.29, 1.82) is 0 Å². The van der Waals surface area contributed by atoms with Gasteiger partial charge in [-0.2, -0.15) is 0 Å². The summed E-state index contributed by atoms with van der Waals surface area (Å²) in [5, 5.41) is 0. The van der Waals surface area contributed by atoms with Crippen LogP contribution in [0.4, 0.5) is 0 Å². The van der Waals surface area contributed by atoms with Gasteiger partial charge in [0.25, 0.3) is 0 Å². The zero-order chi connectivity index (χ0) is 15.2. The monoisotopic (exact) mass is 290 g/mol. The zero-order valence-corrected chi connectivity index (χ0v) is 12.7. The molecular formula is C16H22N2O3. The molecule has 5 heteroatoms. The van der Waals surface area contributed by atoms with E-state index >= 15 is 0 Å². The molecular weight excluding hydrogens is 268 g/mol. The highest BCUT2D eigenvalue weighted by atomic mass is 16.5. The van der Waals surface area contributed by atoms with Gasteiger partial charge in [-0.05, 0) is 11.1 Å². The van der Waals surface area contributed by atoms with Gasteiger partial charge in [0.15, 0.2) is 0 Å². The molecule has 1 aliphatic rings. The summed E-state index contributed by atoms with van der Waals surface area (Å²) in [6.45, 7) is 5.70. The maximum Gasteiger partial charge on any atom is 0.309 e. The molecule has 1 aromatic carbocycles. The molecule has 1 saturated heterocycles. The van der Waals surface area contributed by atoms with Crippen molar-refractivity contribution in [2.45, 2.75) is 19.9 Å². The summed E-state index contributed by atoms with van der Waals surface area (Å²) in [4.78, 5) is 27.0. The first-order valence-corrected chi connectivity index (χ1v) is 7.21. The zero-order valence-electron chi connectivity index (χ0n) is 12.7. The second-order valence-electron chi connectivity index (χ2n) is 5.30. The molecule has 21 heavy (non-hydrogen) atoms. The molecule has 0 atom stereocenters. The predicted octanol–water partition coefficient (Wildman–Crippen LogP) is 1.07. The Morgan fingerprint density at radius 1 is 1.10 bits per heavy atom. The average Bonchev–Trinajstić information content (AvgIpc) is 2.49. The van der Waals surface area contributed by atoms with Crippen molar-refractivity contribution >= 4 is 11.9 Å². The average molecular weight is 290 g/mol. The smallest absolute Gasteiger partial charge is 0.309 e. The van der Waals surface area contributed by atoms with Crippen molar-refractivity contribution in [3.8, 4) is 0 Å². The van der Waals surface area contributed by atoms with Gasteiger partial charge in [-0.3, -0.25) is 14.5 Å². The highest BCUT2D eigenvalue weighted by molar-refractivity contribution is 5.73. The SMILES string of the molecule is COC(=O)Cc1ccccc1CN1CCN(C(C)=O)CC1. The minimum atomic E-state index is -0.219. The summed E-state index contributed by atoms with van der Waals surface area (Å²) in [7, 11) is 1.41. The molecule has 5 nitrogen and oxygen atoms in total. The molecule has 0 aliphatic carbocycles. The number of methoxy groups -OCH3 is 1. The molecule has 1 amide bonds. The number of carbonyl (C=O) groups is 2. The topological polar surface area (TPSA) is 49.9 Å². The maximum atomic E-state index is 11.5. The highest BCUT2D eigenvalue weighted by Crippen LogP contribution is 2.14. The second-order valence-corrected chi connectivity index (χ2v) is 5.30. The van der Waals surface area contributed by atoms with Crippen LogP contribution in [0.25, 0.3) is 0 Å². The second kappa shape index (κ2) is 7.22. The van der Waals surface area contributed by atoms with E-state index in [4.69, 9.17) is 4.74 Å². The third-order valence-corrected chi connectivity index (χ3v) is 3.89. The van der Waals surface area contributed by atoms with Gasteiger partial charge in [0, 0.05) is 39.6 Å². The number of hydrogen-bond acceptors (Lipinski definition) is 4. The molecule has 0 radical (unpaired) electrons. The van der Waals surface area contributed by atoms with Gasteiger partial charge in [0.2, 0.25) is 5.91 Å². The van der Waals surface area contributed by atoms with E-state index in [1.165, 1.54) is 7.11 Å². The van der Waals surface area contributed by atoms with E-state index in [0.717, 1.165) is 43.9 Å². The van der Waals surface area contributed by atoms with E-state index in [2.05, 4.69) is 11.0 Å². The van der Waals surface area contributed by atoms with Crippen LogP contribution in [0.1, 0.15) is 18.1 Å². The Labute approximate surface area is 125 Å². The first kappa shape index (κ1) is 15.5. The first-order valence-electron chi connectivity index (χ1n) is 7.21. The number of hydrogen-bond donors (Lipinski definition) is 0. The number of piperazine rings is 1. The Bertz CT molecular complexity index is 508. The third kappa shape index (κ3) is 4.29. The Balaban J connectivity index is 1.97. The molecule has 2 rings (SSSR count). The molecule has 0 bridgehead atoms. The van der Waals surface area contributed by atoms with Gasteiger partial charge < -0.3 is 9.64 Å². The number of rotatable bonds is 4. The first-order chi connectivity index (χ1) is 10.1. The Morgan fingerprint density at radius 2 is 1.71 bits per heavy atom. The molecule has 0 aromatic heterocycles. The van der Waals surface area contributed by atoms with E-state index < -0.39 is 0 Å². The van der Waals surface area contributed by atoms with Crippen LogP contribution in [0.3, 0.4) is 0 Å². The van der Waals surface area contributed by atoms with Crippen LogP contribution in [0.15, 0.2) is 24.3 Å². The van der Waals surface area contributed by atoms with E-state index in [0.29, 0.717) is 6.42 Å². The minimum Gasteiger partial charge on any atom is -0.469 e. The van der Waals surface area contributed by atoms with Crippen LogP contribution in [0.2, 0.25) is 0 Å². The van der Waals surface area contributed by atoms with Crippen molar-refractivity contribution in [3.63, 3.8) is 0 Å². The van der Waals surface area contributed by atoms with Crippen molar-refractivity contribution in [1.82, 2.24) is 9.80 Å². The Morgan fingerprint density at radius 3 is 2.29 bits per heavy atom. The van der Waals surface area contributed by atoms with E-state index in [-0.39, 0.29) is 11.9 Å². The van der Waals surface area contributed by atoms with E-state index in [1.54, 1.807) is 6.92 Å². The fourth-order valence-corrected chi connectivity index (χ4v) is 2.57. The summed E-state index contributed by atoms with van der Waals surface area (Å²) in [6.07, 6.45) is 0.306.